The van der Waals surface area contributed by atoms with Gasteiger partial charge in [-0.1, -0.05) is 86.6 Å². The van der Waals surface area contributed by atoms with Gasteiger partial charge in [-0.25, -0.2) is 0 Å². The Morgan fingerprint density at radius 3 is 2.14 bits per heavy atom. The molecular weight excluding hydrogens is 769 g/mol. The highest BCUT2D eigenvalue weighted by molar-refractivity contribution is 6.74. The molecule has 1 fully saturated rings. The Labute approximate surface area is 355 Å². The average Bonchev–Trinajstić information content (AvgIpc) is 3.94. The lowest BCUT2D eigenvalue weighted by atomic mass is 9.88. The third-order valence-electron chi connectivity index (χ3n) is 13.1. The molecule has 0 unspecified atom stereocenters. The van der Waals surface area contributed by atoms with Gasteiger partial charge in [0.05, 0.1) is 30.3 Å². The molecule has 0 bridgehead atoms. The molecule has 0 spiro atoms. The number of carbonyl (C=O) groups is 2. The van der Waals surface area contributed by atoms with Crippen LogP contribution in [0.5, 0.6) is 0 Å². The molecule has 1 saturated heterocycles. The molecule has 0 aromatic rings. The first-order chi connectivity index (χ1) is 27.2. The molecule has 0 aromatic heterocycles. The molecule has 10 nitrogen and oxygen atoms in total. The van der Waals surface area contributed by atoms with Gasteiger partial charge in [0.1, 0.15) is 17.8 Å². The van der Waals surface area contributed by atoms with Crippen LogP contribution in [0.4, 0.5) is 0 Å². The van der Waals surface area contributed by atoms with Gasteiger partial charge in [0.15, 0.2) is 22.9 Å². The number of carbonyl (C=O) groups excluding carboxylic acids is 2. The number of allylic oxidation sites excluding steroid dienone is 2. The quantitative estimate of drug-likeness (QED) is 0.0265. The molecule has 2 rings (SSSR count). The number of ether oxygens (including phenoxy) is 5. The highest BCUT2D eigenvalue weighted by Crippen LogP contribution is 2.40. The van der Waals surface area contributed by atoms with Crippen molar-refractivity contribution in [3.05, 3.63) is 36.0 Å². The van der Waals surface area contributed by atoms with Gasteiger partial charge in [0, 0.05) is 37.9 Å². The largest absolute Gasteiger partial charge is 0.457 e. The summed E-state index contributed by atoms with van der Waals surface area (Å²) in [7, 11) is -3.87. The third kappa shape index (κ3) is 15.7. The van der Waals surface area contributed by atoms with Crippen LogP contribution >= 0.6 is 0 Å². The number of hydrogen-bond donors (Lipinski definition) is 1. The summed E-state index contributed by atoms with van der Waals surface area (Å²) >= 11 is 0. The van der Waals surface area contributed by atoms with Crippen molar-refractivity contribution in [2.45, 2.75) is 226 Å². The molecule has 2 heterocycles. The zero-order valence-electron chi connectivity index (χ0n) is 39.2. The Balaban J connectivity index is 2.40. The third-order valence-corrected chi connectivity index (χ3v) is 22.5. The minimum atomic E-state index is -2.12. The highest BCUT2D eigenvalue weighted by atomic mass is 28.4. The second kappa shape index (κ2) is 24.1. The van der Waals surface area contributed by atoms with Crippen LogP contribution in [0.1, 0.15) is 136 Å². The van der Waals surface area contributed by atoms with Crippen LogP contribution in [0.25, 0.3) is 0 Å². The van der Waals surface area contributed by atoms with E-state index in [0.717, 1.165) is 48.3 Å². The maximum absolute atomic E-state index is 13.9. The summed E-state index contributed by atoms with van der Waals surface area (Å²) in [4.78, 5) is 26.4. The molecule has 0 saturated carbocycles. The maximum atomic E-state index is 13.9. The van der Waals surface area contributed by atoms with E-state index in [1.165, 1.54) is 6.92 Å². The molecule has 0 aliphatic carbocycles. The second-order valence-corrected chi connectivity index (χ2v) is 26.9. The predicted octanol–water partition coefficient (Wildman–Crippen LogP) is 10.6. The van der Waals surface area contributed by atoms with Gasteiger partial charge in [-0.15, -0.1) is 0 Å². The Hall–Kier alpha value is -1.65. The minimum absolute atomic E-state index is 0.0443. The molecule has 12 heteroatoms. The summed E-state index contributed by atoms with van der Waals surface area (Å²) in [6.45, 7) is 31.0. The number of esters is 2. The molecule has 0 radical (unpaired) electrons. The van der Waals surface area contributed by atoms with Gasteiger partial charge in [-0.3, -0.25) is 9.59 Å². The van der Waals surface area contributed by atoms with Crippen molar-refractivity contribution in [1.29, 1.82) is 0 Å². The summed E-state index contributed by atoms with van der Waals surface area (Å²) in [5, 5.41) is 11.5. The molecule has 1 N–H and O–H groups in total. The topological polar surface area (TPSA) is 122 Å². The van der Waals surface area contributed by atoms with E-state index in [1.807, 2.05) is 58.9 Å². The van der Waals surface area contributed by atoms with Gasteiger partial charge in [-0.2, -0.15) is 0 Å². The van der Waals surface area contributed by atoms with Crippen molar-refractivity contribution in [3.63, 3.8) is 0 Å². The molecular formula is C46H84O10Si2. The van der Waals surface area contributed by atoms with Crippen LogP contribution in [0.3, 0.4) is 0 Å². The molecule has 11 atom stereocenters. The van der Waals surface area contributed by atoms with Crippen LogP contribution in [0.2, 0.25) is 36.3 Å². The first-order valence-electron chi connectivity index (χ1n) is 22.7. The Bertz CT molecular complexity index is 1320. The van der Waals surface area contributed by atoms with E-state index in [0.29, 0.717) is 25.9 Å². The number of cyclic esters (lactones) is 1. The summed E-state index contributed by atoms with van der Waals surface area (Å²) in [5.41, 5.74) is -1.27. The van der Waals surface area contributed by atoms with E-state index >= 15 is 0 Å². The summed E-state index contributed by atoms with van der Waals surface area (Å²) < 4.78 is 44.6. The highest BCUT2D eigenvalue weighted by Gasteiger charge is 2.49. The molecule has 0 amide bonds. The SMILES string of the molecule is CCO[C@H](C)O[C@]1(C)CC[C@@H](O[Si](CC)(CC)CC)CC(=O)O[C@H](/C(C)=C/C=C/[C@](C)(O)C[C@H]2O[C@@H]2[C@H](C)[C@H](CC)O[Si](CC)(CC)CC)[C@@H](C)/C=C\[C@@H]1OC(C)=O. The lowest BCUT2D eigenvalue weighted by molar-refractivity contribution is -0.227. The van der Waals surface area contributed by atoms with Gasteiger partial charge < -0.3 is 37.6 Å². The van der Waals surface area contributed by atoms with Crippen LogP contribution < -0.4 is 0 Å². The molecule has 0 aromatic carbocycles. The average molecular weight is 853 g/mol. The monoisotopic (exact) mass is 853 g/mol. The second-order valence-electron chi connectivity index (χ2n) is 17.5. The number of aliphatic hydroxyl groups is 1. The zero-order chi connectivity index (χ0) is 43.9. The number of epoxide rings is 1. The van der Waals surface area contributed by atoms with Crippen molar-refractivity contribution < 1.29 is 47.2 Å². The Morgan fingerprint density at radius 1 is 1.00 bits per heavy atom. The van der Waals surface area contributed by atoms with Crippen molar-refractivity contribution >= 4 is 28.6 Å². The van der Waals surface area contributed by atoms with Crippen LogP contribution in [0.15, 0.2) is 36.0 Å². The summed E-state index contributed by atoms with van der Waals surface area (Å²) in [5.74, 6) is -0.799. The van der Waals surface area contributed by atoms with Crippen molar-refractivity contribution in [1.82, 2.24) is 0 Å². The first-order valence-corrected chi connectivity index (χ1v) is 27.7. The van der Waals surface area contributed by atoms with Gasteiger partial charge in [0.2, 0.25) is 0 Å². The van der Waals surface area contributed by atoms with E-state index in [1.54, 1.807) is 13.0 Å². The van der Waals surface area contributed by atoms with E-state index in [2.05, 4.69) is 55.4 Å². The van der Waals surface area contributed by atoms with Gasteiger partial charge in [-0.05, 0) is 102 Å². The predicted molar refractivity (Wildman–Crippen MR) is 239 cm³/mol. The lowest BCUT2D eigenvalue weighted by Crippen LogP contribution is -2.48. The molecule has 336 valence electrons. The fourth-order valence-corrected chi connectivity index (χ4v) is 14.6. The first kappa shape index (κ1) is 52.5. The summed E-state index contributed by atoms with van der Waals surface area (Å²) in [6.07, 6.45) is 9.67. The van der Waals surface area contributed by atoms with Gasteiger partial charge >= 0.3 is 11.9 Å². The van der Waals surface area contributed by atoms with E-state index in [-0.39, 0.29) is 42.5 Å². The smallest absolute Gasteiger partial charge is 0.308 e. The van der Waals surface area contributed by atoms with Crippen LogP contribution in [-0.4, -0.2) is 94.4 Å². The zero-order valence-corrected chi connectivity index (χ0v) is 41.2. The van der Waals surface area contributed by atoms with Crippen molar-refractivity contribution in [2.24, 2.45) is 11.8 Å². The minimum Gasteiger partial charge on any atom is -0.457 e. The normalized spacial score (nSPS) is 29.7. The maximum Gasteiger partial charge on any atom is 0.308 e. The Morgan fingerprint density at radius 2 is 1.60 bits per heavy atom. The Kier molecular flexibility index (Phi) is 21.8. The molecule has 58 heavy (non-hydrogen) atoms. The fourth-order valence-electron chi connectivity index (χ4n) is 8.69. The van der Waals surface area contributed by atoms with Gasteiger partial charge in [0.25, 0.3) is 0 Å². The van der Waals surface area contributed by atoms with E-state index in [9.17, 15) is 14.7 Å². The van der Waals surface area contributed by atoms with Crippen LogP contribution in [-0.2, 0) is 42.1 Å². The lowest BCUT2D eigenvalue weighted by Gasteiger charge is -2.40. The standard InChI is InChI=1S/C46H84O10Si2/c1-16-39(56-58(21-6,22-7)23-8)35(11)44-40(52-44)32-45(14,49)29-24-25-33(9)43-34(10)26-27-41(51-36(12)47)46(15,54-37(13)50-17-2)30-28-38(31-42(48)53-43)55-57(18-3,19-4)20-5/h24-27,29,34-35,37-41,43-44,49H,16-23,28,30-32H2,1-15H3/b27-26-,29-24+,33-25+/t34-,35+,37-,38+,39-,40+,41-,43+,44+,45-,46+/m0/s1. The van der Waals surface area contributed by atoms with Crippen LogP contribution in [0, 0.1) is 11.8 Å². The van der Waals surface area contributed by atoms with E-state index in [4.69, 9.17) is 32.5 Å². The van der Waals surface area contributed by atoms with E-state index < -0.39 is 58.4 Å². The summed E-state index contributed by atoms with van der Waals surface area (Å²) in [6, 6.07) is 6.17. The fraction of sp³-hybridized carbons (Fsp3) is 0.826. The van der Waals surface area contributed by atoms with Crippen molar-refractivity contribution in [2.75, 3.05) is 6.61 Å². The number of hydrogen-bond acceptors (Lipinski definition) is 10. The number of rotatable bonds is 23. The van der Waals surface area contributed by atoms with Crippen molar-refractivity contribution in [3.8, 4) is 0 Å². The molecule has 2 aliphatic rings. The molecule has 2 aliphatic heterocycles.